The number of amides is 1. The lowest BCUT2D eigenvalue weighted by Crippen LogP contribution is -2.39. The predicted molar refractivity (Wildman–Crippen MR) is 95.6 cm³/mol. The number of carbonyl (C=O) groups is 1. The summed E-state index contributed by atoms with van der Waals surface area (Å²) < 4.78 is 5.49. The first-order chi connectivity index (χ1) is 10.7. The summed E-state index contributed by atoms with van der Waals surface area (Å²) in [5.41, 5.74) is 7.05. The summed E-state index contributed by atoms with van der Waals surface area (Å²) in [6.45, 7) is 1.10. The van der Waals surface area contributed by atoms with Crippen LogP contribution in [0.4, 0.5) is 0 Å². The molecule has 0 spiro atoms. The summed E-state index contributed by atoms with van der Waals surface area (Å²) in [6, 6.07) is 9.97. The first-order valence-electron chi connectivity index (χ1n) is 8.24. The van der Waals surface area contributed by atoms with E-state index >= 15 is 0 Å². The number of ether oxygens (including phenoxy) is 1. The minimum absolute atomic E-state index is 0. The van der Waals surface area contributed by atoms with Gasteiger partial charge in [-0.3, -0.25) is 4.79 Å². The van der Waals surface area contributed by atoms with Gasteiger partial charge in [0.25, 0.3) is 0 Å². The maximum absolute atomic E-state index is 12.3. The highest BCUT2D eigenvalue weighted by atomic mass is 35.5. The van der Waals surface area contributed by atoms with Crippen molar-refractivity contribution in [2.45, 2.75) is 44.6 Å². The Balaban J connectivity index is 0.00000264. The van der Waals surface area contributed by atoms with Gasteiger partial charge in [0, 0.05) is 20.1 Å². The molecule has 0 aliphatic heterocycles. The van der Waals surface area contributed by atoms with Gasteiger partial charge in [0.15, 0.2) is 0 Å². The molecule has 4 nitrogen and oxygen atoms in total. The highest BCUT2D eigenvalue weighted by Crippen LogP contribution is 2.38. The molecule has 1 saturated carbocycles. The fourth-order valence-corrected chi connectivity index (χ4v) is 3.37. The molecule has 1 atom stereocenters. The number of rotatable bonds is 7. The van der Waals surface area contributed by atoms with Crippen LogP contribution in [-0.2, 0) is 9.53 Å². The van der Waals surface area contributed by atoms with Gasteiger partial charge in [-0.05, 0) is 30.4 Å². The van der Waals surface area contributed by atoms with Crippen LogP contribution in [0.15, 0.2) is 30.3 Å². The van der Waals surface area contributed by atoms with Gasteiger partial charge in [0.05, 0.1) is 6.10 Å². The molecule has 0 aromatic heterocycles. The number of hydrogen-bond acceptors (Lipinski definition) is 3. The van der Waals surface area contributed by atoms with Crippen LogP contribution >= 0.6 is 12.4 Å². The van der Waals surface area contributed by atoms with Crippen LogP contribution in [0.25, 0.3) is 0 Å². The van der Waals surface area contributed by atoms with Crippen LogP contribution < -0.4 is 11.1 Å². The quantitative estimate of drug-likeness (QED) is 0.801. The van der Waals surface area contributed by atoms with Crippen LogP contribution in [0.3, 0.4) is 0 Å². The van der Waals surface area contributed by atoms with E-state index in [1.165, 1.54) is 19.3 Å². The first-order valence-corrected chi connectivity index (χ1v) is 8.24. The van der Waals surface area contributed by atoms with Gasteiger partial charge in [-0.1, -0.05) is 49.6 Å². The Hall–Kier alpha value is -1.10. The average Bonchev–Trinajstić information content (AvgIpc) is 2.57. The van der Waals surface area contributed by atoms with Crippen LogP contribution in [-0.4, -0.2) is 26.1 Å². The van der Waals surface area contributed by atoms with Gasteiger partial charge in [0.1, 0.15) is 0 Å². The Bertz CT molecular complexity index is 461. The molecule has 1 aromatic carbocycles. The predicted octanol–water partition coefficient (Wildman–Crippen LogP) is 3.21. The molecule has 1 aliphatic rings. The normalized spacial score (nSPS) is 17.8. The van der Waals surface area contributed by atoms with Crippen molar-refractivity contribution in [1.29, 1.82) is 0 Å². The second-order valence-corrected chi connectivity index (χ2v) is 6.38. The monoisotopic (exact) mass is 340 g/mol. The molecule has 0 heterocycles. The van der Waals surface area contributed by atoms with Crippen LogP contribution in [0.1, 0.15) is 50.2 Å². The minimum Gasteiger partial charge on any atom is -0.375 e. The fourth-order valence-electron chi connectivity index (χ4n) is 3.37. The van der Waals surface area contributed by atoms with Gasteiger partial charge in [-0.15, -0.1) is 12.4 Å². The largest absolute Gasteiger partial charge is 0.375 e. The molecule has 5 heteroatoms. The summed E-state index contributed by atoms with van der Waals surface area (Å²) in [7, 11) is 1.67. The topological polar surface area (TPSA) is 64.3 Å². The molecule has 0 radical (unpaired) electrons. The molecule has 0 saturated heterocycles. The number of hydrogen-bond donors (Lipinski definition) is 2. The van der Waals surface area contributed by atoms with Gasteiger partial charge in [-0.2, -0.15) is 0 Å². The summed E-state index contributed by atoms with van der Waals surface area (Å²) in [6.07, 6.45) is 6.22. The van der Waals surface area contributed by atoms with Crippen molar-refractivity contribution in [2.24, 2.45) is 11.1 Å². The molecular formula is C18H29ClN2O2. The number of halogens is 1. The van der Waals surface area contributed by atoms with Crippen molar-refractivity contribution in [2.75, 3.05) is 20.2 Å². The first kappa shape index (κ1) is 19.9. The van der Waals surface area contributed by atoms with E-state index in [9.17, 15) is 4.79 Å². The highest BCUT2D eigenvalue weighted by Gasteiger charge is 2.33. The van der Waals surface area contributed by atoms with Crippen molar-refractivity contribution in [1.82, 2.24) is 5.32 Å². The molecule has 1 unspecified atom stereocenters. The third-order valence-corrected chi connectivity index (χ3v) is 4.82. The van der Waals surface area contributed by atoms with Crippen molar-refractivity contribution < 1.29 is 9.53 Å². The van der Waals surface area contributed by atoms with Crippen LogP contribution in [0.2, 0.25) is 0 Å². The number of nitrogens with two attached hydrogens (primary N) is 1. The summed E-state index contributed by atoms with van der Waals surface area (Å²) in [4.78, 5) is 12.3. The number of nitrogens with one attached hydrogen (secondary N) is 1. The maximum Gasteiger partial charge on any atom is 0.220 e. The van der Waals surface area contributed by atoms with E-state index in [2.05, 4.69) is 5.32 Å². The van der Waals surface area contributed by atoms with Crippen LogP contribution in [0, 0.1) is 5.41 Å². The van der Waals surface area contributed by atoms with Gasteiger partial charge in [0.2, 0.25) is 5.91 Å². The lowest BCUT2D eigenvalue weighted by atomic mass is 9.71. The van der Waals surface area contributed by atoms with Crippen molar-refractivity contribution in [3.05, 3.63) is 35.9 Å². The smallest absolute Gasteiger partial charge is 0.220 e. The Morgan fingerprint density at radius 2 is 1.91 bits per heavy atom. The Kier molecular flexibility index (Phi) is 8.59. The molecule has 3 N–H and O–H groups in total. The van der Waals surface area contributed by atoms with Gasteiger partial charge < -0.3 is 15.8 Å². The van der Waals surface area contributed by atoms with E-state index < -0.39 is 0 Å². The molecule has 1 aromatic rings. The maximum atomic E-state index is 12.3. The van der Waals surface area contributed by atoms with E-state index in [4.69, 9.17) is 10.5 Å². The lowest BCUT2D eigenvalue weighted by Gasteiger charge is -2.35. The van der Waals surface area contributed by atoms with E-state index in [-0.39, 0.29) is 29.8 Å². The summed E-state index contributed by atoms with van der Waals surface area (Å²) in [5, 5.41) is 3.02. The number of carbonyl (C=O) groups excluding carboxylic acids is 1. The third-order valence-electron chi connectivity index (χ3n) is 4.82. The van der Waals surface area contributed by atoms with E-state index in [0.29, 0.717) is 19.5 Å². The van der Waals surface area contributed by atoms with Crippen molar-refractivity contribution in [3.63, 3.8) is 0 Å². The zero-order valence-corrected chi connectivity index (χ0v) is 14.7. The Labute approximate surface area is 145 Å². The summed E-state index contributed by atoms with van der Waals surface area (Å²) >= 11 is 0. The minimum atomic E-state index is -0.106. The van der Waals surface area contributed by atoms with Crippen molar-refractivity contribution >= 4 is 18.3 Å². The molecule has 2 rings (SSSR count). The lowest BCUT2D eigenvalue weighted by molar-refractivity contribution is -0.124. The third kappa shape index (κ3) is 5.79. The van der Waals surface area contributed by atoms with E-state index in [1.807, 2.05) is 30.3 Å². The molecule has 1 aliphatic carbocycles. The molecule has 1 fully saturated rings. The second kappa shape index (κ2) is 9.91. The molecule has 0 bridgehead atoms. The zero-order chi connectivity index (χ0) is 15.8. The number of benzene rings is 1. The molecule has 23 heavy (non-hydrogen) atoms. The standard InChI is InChI=1S/C18H28N2O2.ClH/c1-22-16(15-8-4-2-5-9-15)13-20-17(21)12-18(14-19)10-6-3-7-11-18;/h2,4-5,8-9,16H,3,6-7,10-14,19H2,1H3,(H,20,21);1H. The Morgan fingerprint density at radius 1 is 1.26 bits per heavy atom. The zero-order valence-electron chi connectivity index (χ0n) is 13.9. The number of methoxy groups -OCH3 is 1. The van der Waals surface area contributed by atoms with Crippen molar-refractivity contribution in [3.8, 4) is 0 Å². The van der Waals surface area contributed by atoms with Crippen LogP contribution in [0.5, 0.6) is 0 Å². The Morgan fingerprint density at radius 3 is 2.48 bits per heavy atom. The SMILES string of the molecule is COC(CNC(=O)CC1(CN)CCCCC1)c1ccccc1.Cl. The van der Waals surface area contributed by atoms with E-state index in [1.54, 1.807) is 7.11 Å². The summed E-state index contributed by atoms with van der Waals surface area (Å²) in [5.74, 6) is 0.0883. The highest BCUT2D eigenvalue weighted by molar-refractivity contribution is 5.85. The average molecular weight is 341 g/mol. The fraction of sp³-hybridized carbons (Fsp3) is 0.611. The van der Waals surface area contributed by atoms with Gasteiger partial charge >= 0.3 is 0 Å². The van der Waals surface area contributed by atoms with Gasteiger partial charge in [-0.25, -0.2) is 0 Å². The molecule has 130 valence electrons. The molecule has 1 amide bonds. The van der Waals surface area contributed by atoms with E-state index in [0.717, 1.165) is 18.4 Å². The molecular weight excluding hydrogens is 312 g/mol. The second-order valence-electron chi connectivity index (χ2n) is 6.38.